The Balaban J connectivity index is 2.86. The van der Waals surface area contributed by atoms with Crippen molar-refractivity contribution < 1.29 is 4.74 Å². The van der Waals surface area contributed by atoms with Crippen LogP contribution in [-0.4, -0.2) is 6.61 Å². The highest BCUT2D eigenvalue weighted by Crippen LogP contribution is 2.16. The van der Waals surface area contributed by atoms with Gasteiger partial charge in [0.15, 0.2) is 0 Å². The summed E-state index contributed by atoms with van der Waals surface area (Å²) in [5.74, 6) is 3.08. The Morgan fingerprint density at radius 3 is 2.85 bits per heavy atom. The molecule has 0 heterocycles. The van der Waals surface area contributed by atoms with Crippen LogP contribution in [0.5, 0.6) is 5.75 Å². The minimum absolute atomic E-state index is 0.255. The van der Waals surface area contributed by atoms with E-state index in [9.17, 15) is 0 Å². The Morgan fingerprint density at radius 1 is 1.54 bits per heavy atom. The lowest BCUT2D eigenvalue weighted by Crippen LogP contribution is -1.94. The van der Waals surface area contributed by atoms with Crippen molar-refractivity contribution in [2.45, 2.75) is 6.92 Å². The fraction of sp³-hybridized carbons (Fsp3) is 0.182. The average Bonchev–Trinajstić information content (AvgIpc) is 2.15. The summed E-state index contributed by atoms with van der Waals surface area (Å²) in [6.45, 7) is 2.12. The second kappa shape index (κ2) is 4.18. The lowest BCUT2D eigenvalue weighted by atomic mass is 10.1. The predicted octanol–water partition coefficient (Wildman–Crippen LogP) is 1.88. The van der Waals surface area contributed by atoms with Gasteiger partial charge in [0, 0.05) is 0 Å². The lowest BCUT2D eigenvalue weighted by molar-refractivity contribution is 0.370. The SMILES string of the molecule is C#CCOc1ccc(C#N)c(C)c1. The predicted molar refractivity (Wildman–Crippen MR) is 50.2 cm³/mol. The summed E-state index contributed by atoms with van der Waals surface area (Å²) in [4.78, 5) is 0. The molecule has 0 spiro atoms. The van der Waals surface area contributed by atoms with Crippen molar-refractivity contribution >= 4 is 0 Å². The quantitative estimate of drug-likeness (QED) is 0.636. The van der Waals surface area contributed by atoms with E-state index in [4.69, 9.17) is 16.4 Å². The Morgan fingerprint density at radius 2 is 2.31 bits per heavy atom. The first-order valence-electron chi connectivity index (χ1n) is 3.85. The van der Waals surface area contributed by atoms with Crippen LogP contribution in [0.4, 0.5) is 0 Å². The number of nitrogens with zero attached hydrogens (tertiary/aromatic N) is 1. The van der Waals surface area contributed by atoms with E-state index in [0.29, 0.717) is 11.3 Å². The van der Waals surface area contributed by atoms with Crippen molar-refractivity contribution in [3.05, 3.63) is 29.3 Å². The Kier molecular flexibility index (Phi) is 2.95. The Labute approximate surface area is 77.8 Å². The molecule has 64 valence electrons. The molecule has 0 fully saturated rings. The molecule has 0 aromatic heterocycles. The highest BCUT2D eigenvalue weighted by atomic mass is 16.5. The number of terminal acetylenes is 1. The Bertz CT molecular complexity index is 382. The third kappa shape index (κ3) is 2.25. The number of ether oxygens (including phenoxy) is 1. The highest BCUT2D eigenvalue weighted by Gasteiger charge is 1.98. The van der Waals surface area contributed by atoms with E-state index < -0.39 is 0 Å². The van der Waals surface area contributed by atoms with Crippen LogP contribution >= 0.6 is 0 Å². The van der Waals surface area contributed by atoms with Gasteiger partial charge in [-0.15, -0.1) is 6.42 Å². The molecule has 13 heavy (non-hydrogen) atoms. The van der Waals surface area contributed by atoms with Crippen molar-refractivity contribution in [2.75, 3.05) is 6.61 Å². The highest BCUT2D eigenvalue weighted by molar-refractivity contribution is 5.41. The first-order valence-corrected chi connectivity index (χ1v) is 3.85. The molecule has 0 atom stereocenters. The van der Waals surface area contributed by atoms with E-state index in [1.54, 1.807) is 18.2 Å². The maximum Gasteiger partial charge on any atom is 0.148 e. The summed E-state index contributed by atoms with van der Waals surface area (Å²) < 4.78 is 5.19. The summed E-state index contributed by atoms with van der Waals surface area (Å²) in [5.41, 5.74) is 1.56. The van der Waals surface area contributed by atoms with Crippen LogP contribution in [-0.2, 0) is 0 Å². The molecule has 0 aliphatic heterocycles. The van der Waals surface area contributed by atoms with Crippen molar-refractivity contribution in [2.24, 2.45) is 0 Å². The van der Waals surface area contributed by atoms with Crippen LogP contribution in [0.25, 0.3) is 0 Å². The molecule has 0 aliphatic rings. The fourth-order valence-electron chi connectivity index (χ4n) is 0.976. The molecule has 0 N–H and O–H groups in total. The van der Waals surface area contributed by atoms with Crippen LogP contribution < -0.4 is 4.74 Å². The van der Waals surface area contributed by atoms with Gasteiger partial charge >= 0.3 is 0 Å². The van der Waals surface area contributed by atoms with Gasteiger partial charge in [-0.25, -0.2) is 0 Å². The number of nitriles is 1. The van der Waals surface area contributed by atoms with Gasteiger partial charge in [0.1, 0.15) is 12.4 Å². The number of hydrogen-bond acceptors (Lipinski definition) is 2. The molecule has 0 radical (unpaired) electrons. The van der Waals surface area contributed by atoms with Crippen LogP contribution in [0.2, 0.25) is 0 Å². The molecule has 0 amide bonds. The van der Waals surface area contributed by atoms with E-state index in [1.165, 1.54) is 0 Å². The van der Waals surface area contributed by atoms with Gasteiger partial charge in [-0.3, -0.25) is 0 Å². The second-order valence-corrected chi connectivity index (χ2v) is 2.58. The summed E-state index contributed by atoms with van der Waals surface area (Å²) in [6.07, 6.45) is 5.04. The van der Waals surface area contributed by atoms with Gasteiger partial charge in [0.25, 0.3) is 0 Å². The van der Waals surface area contributed by atoms with Gasteiger partial charge in [0.2, 0.25) is 0 Å². The zero-order valence-electron chi connectivity index (χ0n) is 7.37. The van der Waals surface area contributed by atoms with Crippen LogP contribution in [0, 0.1) is 30.6 Å². The molecule has 1 aromatic rings. The first kappa shape index (κ1) is 9.16. The monoisotopic (exact) mass is 171 g/mol. The largest absolute Gasteiger partial charge is 0.481 e. The molecule has 1 aromatic carbocycles. The van der Waals surface area contributed by atoms with Gasteiger partial charge in [-0.05, 0) is 30.7 Å². The van der Waals surface area contributed by atoms with Crippen molar-refractivity contribution in [3.8, 4) is 24.2 Å². The third-order valence-corrected chi connectivity index (χ3v) is 1.64. The van der Waals surface area contributed by atoms with E-state index in [-0.39, 0.29) is 6.61 Å². The number of benzene rings is 1. The molecule has 0 unspecified atom stereocenters. The van der Waals surface area contributed by atoms with Crippen LogP contribution in [0.15, 0.2) is 18.2 Å². The molecule has 0 saturated carbocycles. The van der Waals surface area contributed by atoms with E-state index in [1.807, 2.05) is 6.92 Å². The topological polar surface area (TPSA) is 33.0 Å². The maximum atomic E-state index is 8.66. The molecular weight excluding hydrogens is 162 g/mol. The Hall–Kier alpha value is -1.93. The van der Waals surface area contributed by atoms with Crippen molar-refractivity contribution in [1.29, 1.82) is 5.26 Å². The third-order valence-electron chi connectivity index (χ3n) is 1.64. The minimum atomic E-state index is 0.255. The average molecular weight is 171 g/mol. The molecule has 0 aliphatic carbocycles. The van der Waals surface area contributed by atoms with Gasteiger partial charge < -0.3 is 4.74 Å². The van der Waals surface area contributed by atoms with E-state index in [2.05, 4.69) is 12.0 Å². The van der Waals surface area contributed by atoms with Gasteiger partial charge in [-0.2, -0.15) is 5.26 Å². The van der Waals surface area contributed by atoms with Crippen LogP contribution in [0.1, 0.15) is 11.1 Å². The standard InChI is InChI=1S/C11H9NO/c1-3-6-13-11-5-4-10(8-12)9(2)7-11/h1,4-5,7H,6H2,2H3. The smallest absolute Gasteiger partial charge is 0.148 e. The van der Waals surface area contributed by atoms with Crippen LogP contribution in [0.3, 0.4) is 0 Å². The number of hydrogen-bond donors (Lipinski definition) is 0. The molecule has 0 bridgehead atoms. The second-order valence-electron chi connectivity index (χ2n) is 2.58. The van der Waals surface area contributed by atoms with Gasteiger partial charge in [-0.1, -0.05) is 5.92 Å². The zero-order chi connectivity index (χ0) is 9.68. The zero-order valence-corrected chi connectivity index (χ0v) is 7.37. The summed E-state index contributed by atoms with van der Waals surface area (Å²) in [5, 5.41) is 8.66. The molecule has 2 nitrogen and oxygen atoms in total. The lowest BCUT2D eigenvalue weighted by Gasteiger charge is -2.03. The van der Waals surface area contributed by atoms with E-state index >= 15 is 0 Å². The van der Waals surface area contributed by atoms with Gasteiger partial charge in [0.05, 0.1) is 11.6 Å². The summed E-state index contributed by atoms with van der Waals surface area (Å²) in [6, 6.07) is 7.35. The summed E-state index contributed by atoms with van der Waals surface area (Å²) >= 11 is 0. The number of aryl methyl sites for hydroxylation is 1. The molecule has 2 heteroatoms. The fourth-order valence-corrected chi connectivity index (χ4v) is 0.976. The van der Waals surface area contributed by atoms with E-state index in [0.717, 1.165) is 5.56 Å². The molecule has 0 saturated heterocycles. The maximum absolute atomic E-state index is 8.66. The first-order chi connectivity index (χ1) is 6.27. The normalized spacial score (nSPS) is 8.54. The van der Waals surface area contributed by atoms with Crippen molar-refractivity contribution in [3.63, 3.8) is 0 Å². The molecular formula is C11H9NO. The van der Waals surface area contributed by atoms with Crippen molar-refractivity contribution in [1.82, 2.24) is 0 Å². The molecule has 1 rings (SSSR count). The minimum Gasteiger partial charge on any atom is -0.481 e. The number of rotatable bonds is 2. The summed E-state index contributed by atoms with van der Waals surface area (Å²) in [7, 11) is 0.